The zero-order valence-electron chi connectivity index (χ0n) is 7.02. The van der Waals surface area contributed by atoms with Crippen LogP contribution in [0.15, 0.2) is 5.11 Å². The predicted molar refractivity (Wildman–Crippen MR) is 41.4 cm³/mol. The zero-order valence-corrected chi connectivity index (χ0v) is 7.02. The molecule has 0 aromatic carbocycles. The fourth-order valence-electron chi connectivity index (χ4n) is 0.429. The second-order valence-electron chi connectivity index (χ2n) is 2.90. The van der Waals surface area contributed by atoms with Crippen molar-refractivity contribution >= 4 is 5.97 Å². The van der Waals surface area contributed by atoms with Gasteiger partial charge in [0, 0.05) is 4.91 Å². The number of ether oxygens (including phenoxy) is 1. The highest BCUT2D eigenvalue weighted by Gasteiger charge is 2.26. The quantitative estimate of drug-likeness (QED) is 0.294. The van der Waals surface area contributed by atoms with Gasteiger partial charge in [0.25, 0.3) is 0 Å². The third-order valence-corrected chi connectivity index (χ3v) is 1.25. The average Bonchev–Trinajstić information content (AvgIpc) is 1.98. The van der Waals surface area contributed by atoms with Crippen LogP contribution in [0.25, 0.3) is 10.4 Å². The number of hydrogen-bond donors (Lipinski definition) is 1. The van der Waals surface area contributed by atoms with Crippen LogP contribution in [0.1, 0.15) is 13.8 Å². The molecule has 0 fully saturated rings. The first-order valence-corrected chi connectivity index (χ1v) is 3.32. The molecular weight excluding hydrogens is 162 g/mol. The molecular formula is C6H11N3O3. The molecule has 6 nitrogen and oxygen atoms in total. The molecule has 0 atom stereocenters. The summed E-state index contributed by atoms with van der Waals surface area (Å²) in [4.78, 5) is 13.0. The third-order valence-electron chi connectivity index (χ3n) is 1.25. The molecule has 0 heterocycles. The highest BCUT2D eigenvalue weighted by Crippen LogP contribution is 2.14. The van der Waals surface area contributed by atoms with Gasteiger partial charge in [0.2, 0.25) is 0 Å². The summed E-state index contributed by atoms with van der Waals surface area (Å²) in [6.07, 6.45) is 0. The normalized spacial score (nSPS) is 10.5. The van der Waals surface area contributed by atoms with E-state index in [-0.39, 0.29) is 13.3 Å². The summed E-state index contributed by atoms with van der Waals surface area (Å²) in [5, 5.41) is 11.7. The van der Waals surface area contributed by atoms with Gasteiger partial charge in [-0.15, -0.1) is 0 Å². The molecule has 6 heteroatoms. The van der Waals surface area contributed by atoms with Gasteiger partial charge in [0.1, 0.15) is 6.73 Å². The summed E-state index contributed by atoms with van der Waals surface area (Å²) in [5.74, 6) is -0.941. The number of nitrogens with zero attached hydrogens (tertiary/aromatic N) is 3. The number of rotatable bonds is 5. The Kier molecular flexibility index (Phi) is 4.10. The Morgan fingerprint density at radius 1 is 1.75 bits per heavy atom. The van der Waals surface area contributed by atoms with Crippen molar-refractivity contribution < 1.29 is 14.6 Å². The van der Waals surface area contributed by atoms with E-state index < -0.39 is 11.4 Å². The maximum Gasteiger partial charge on any atom is 0.311 e. The van der Waals surface area contributed by atoms with Crippen LogP contribution < -0.4 is 0 Å². The monoisotopic (exact) mass is 173 g/mol. The second kappa shape index (κ2) is 4.58. The zero-order chi connectivity index (χ0) is 9.61. The number of carboxylic acid groups (broad SMARTS) is 1. The van der Waals surface area contributed by atoms with Gasteiger partial charge in [-0.3, -0.25) is 4.79 Å². The Balaban J connectivity index is 3.76. The highest BCUT2D eigenvalue weighted by molar-refractivity contribution is 5.73. The molecule has 0 spiro atoms. The maximum atomic E-state index is 10.5. The minimum absolute atomic E-state index is 0.0291. The Labute approximate surface area is 69.8 Å². The molecule has 0 radical (unpaired) electrons. The van der Waals surface area contributed by atoms with Crippen molar-refractivity contribution in [2.45, 2.75) is 13.8 Å². The van der Waals surface area contributed by atoms with Gasteiger partial charge in [-0.25, -0.2) is 0 Å². The molecule has 12 heavy (non-hydrogen) atoms. The smallest absolute Gasteiger partial charge is 0.311 e. The standard InChI is InChI=1S/C6H11N3O3/c1-6(2,5(10)11)3-12-4-8-9-7/h3-4H2,1-2H3,(H,10,11). The van der Waals surface area contributed by atoms with E-state index in [1.54, 1.807) is 0 Å². The van der Waals surface area contributed by atoms with Gasteiger partial charge in [0.15, 0.2) is 0 Å². The van der Waals surface area contributed by atoms with Gasteiger partial charge in [-0.05, 0) is 19.4 Å². The Hall–Kier alpha value is -1.26. The van der Waals surface area contributed by atoms with E-state index >= 15 is 0 Å². The molecule has 68 valence electrons. The van der Waals surface area contributed by atoms with Crippen molar-refractivity contribution in [1.29, 1.82) is 0 Å². The summed E-state index contributed by atoms with van der Waals surface area (Å²) >= 11 is 0. The van der Waals surface area contributed by atoms with Crippen molar-refractivity contribution in [1.82, 2.24) is 0 Å². The lowest BCUT2D eigenvalue weighted by atomic mass is 9.95. The summed E-state index contributed by atoms with van der Waals surface area (Å²) < 4.78 is 4.80. The second-order valence-corrected chi connectivity index (χ2v) is 2.90. The van der Waals surface area contributed by atoms with Crippen molar-refractivity contribution in [3.63, 3.8) is 0 Å². The lowest BCUT2D eigenvalue weighted by molar-refractivity contribution is -0.150. The van der Waals surface area contributed by atoms with E-state index in [4.69, 9.17) is 15.4 Å². The van der Waals surface area contributed by atoms with Crippen molar-refractivity contribution in [3.8, 4) is 0 Å². The molecule has 0 saturated heterocycles. The number of hydrogen-bond acceptors (Lipinski definition) is 3. The largest absolute Gasteiger partial charge is 0.481 e. The molecule has 1 N–H and O–H groups in total. The van der Waals surface area contributed by atoms with E-state index in [9.17, 15) is 4.79 Å². The number of carboxylic acids is 1. The highest BCUT2D eigenvalue weighted by atomic mass is 16.5. The van der Waals surface area contributed by atoms with Crippen LogP contribution in [0.5, 0.6) is 0 Å². The van der Waals surface area contributed by atoms with Gasteiger partial charge < -0.3 is 9.84 Å². The topological polar surface area (TPSA) is 95.3 Å². The molecule has 0 rings (SSSR count). The number of aliphatic carboxylic acids is 1. The minimum Gasteiger partial charge on any atom is -0.481 e. The molecule has 0 bridgehead atoms. The van der Waals surface area contributed by atoms with Crippen LogP contribution in [-0.4, -0.2) is 24.4 Å². The third kappa shape index (κ3) is 3.80. The van der Waals surface area contributed by atoms with Crippen LogP contribution in [-0.2, 0) is 9.53 Å². The molecule has 0 aliphatic rings. The van der Waals surface area contributed by atoms with Crippen molar-refractivity contribution in [2.24, 2.45) is 10.5 Å². The minimum atomic E-state index is -0.941. The first kappa shape index (κ1) is 10.7. The number of azide groups is 1. The summed E-state index contributed by atoms with van der Waals surface area (Å²) in [7, 11) is 0. The van der Waals surface area contributed by atoms with Gasteiger partial charge in [0.05, 0.1) is 12.0 Å². The van der Waals surface area contributed by atoms with Crippen LogP contribution in [0, 0.1) is 5.41 Å². The maximum absolute atomic E-state index is 10.5. The van der Waals surface area contributed by atoms with Crippen LogP contribution in [0.2, 0.25) is 0 Å². The molecule has 0 aliphatic carbocycles. The van der Waals surface area contributed by atoms with Crippen molar-refractivity contribution in [3.05, 3.63) is 10.4 Å². The van der Waals surface area contributed by atoms with Gasteiger partial charge in [-0.2, -0.15) is 0 Å². The SMILES string of the molecule is CC(C)(COCN=[N+]=[N-])C(=O)O. The molecule has 0 aliphatic heterocycles. The first-order valence-electron chi connectivity index (χ1n) is 3.32. The Morgan fingerprint density at radius 2 is 2.33 bits per heavy atom. The van der Waals surface area contributed by atoms with E-state index in [2.05, 4.69) is 10.0 Å². The molecule has 0 aromatic heterocycles. The van der Waals surface area contributed by atoms with E-state index in [0.29, 0.717) is 0 Å². The summed E-state index contributed by atoms with van der Waals surface area (Å²) in [6, 6.07) is 0. The Bertz CT molecular complexity index is 208. The fourth-order valence-corrected chi connectivity index (χ4v) is 0.429. The molecule has 0 aromatic rings. The van der Waals surface area contributed by atoms with Crippen molar-refractivity contribution in [2.75, 3.05) is 13.3 Å². The Morgan fingerprint density at radius 3 is 2.75 bits per heavy atom. The lowest BCUT2D eigenvalue weighted by Crippen LogP contribution is -2.29. The first-order chi connectivity index (χ1) is 5.50. The summed E-state index contributed by atoms with van der Waals surface area (Å²) in [5.41, 5.74) is 6.93. The predicted octanol–water partition coefficient (Wildman–Crippen LogP) is 1.38. The van der Waals surface area contributed by atoms with Crippen LogP contribution in [0.3, 0.4) is 0 Å². The lowest BCUT2D eigenvalue weighted by Gasteiger charge is -2.17. The molecule has 0 unspecified atom stereocenters. The van der Waals surface area contributed by atoms with E-state index in [0.717, 1.165) is 0 Å². The number of carbonyl (C=O) groups is 1. The van der Waals surface area contributed by atoms with Crippen LogP contribution in [0.4, 0.5) is 0 Å². The van der Waals surface area contributed by atoms with Gasteiger partial charge >= 0.3 is 5.97 Å². The molecule has 0 amide bonds. The summed E-state index contributed by atoms with van der Waals surface area (Å²) in [6.45, 7) is 2.96. The van der Waals surface area contributed by atoms with Gasteiger partial charge in [-0.1, -0.05) is 5.11 Å². The average molecular weight is 173 g/mol. The van der Waals surface area contributed by atoms with E-state index in [1.807, 2.05) is 0 Å². The molecule has 0 saturated carbocycles. The van der Waals surface area contributed by atoms with E-state index in [1.165, 1.54) is 13.8 Å². The fraction of sp³-hybridized carbons (Fsp3) is 0.833. The van der Waals surface area contributed by atoms with Crippen LogP contribution >= 0.6 is 0 Å².